The van der Waals surface area contributed by atoms with Crippen LogP contribution in [0.5, 0.6) is 5.75 Å². The number of hydrogen-bond donors (Lipinski definition) is 2. The van der Waals surface area contributed by atoms with Crippen LogP contribution in [0.3, 0.4) is 0 Å². The Morgan fingerprint density at radius 1 is 1.50 bits per heavy atom. The minimum atomic E-state index is -0.640. The summed E-state index contributed by atoms with van der Waals surface area (Å²) in [5.41, 5.74) is 12.2. The molecule has 1 aromatic rings. The van der Waals surface area contributed by atoms with E-state index in [0.717, 1.165) is 22.9 Å². The molecule has 0 radical (unpaired) electrons. The molecule has 18 heavy (non-hydrogen) atoms. The van der Waals surface area contributed by atoms with Gasteiger partial charge in [-0.15, -0.1) is 0 Å². The molecule has 0 saturated heterocycles. The average Bonchev–Trinajstić information content (AvgIpc) is 2.33. The third kappa shape index (κ3) is 4.31. The zero-order valence-corrected chi connectivity index (χ0v) is 12.2. The molecule has 0 saturated carbocycles. The summed E-state index contributed by atoms with van der Waals surface area (Å²) in [6, 6.07) is 5.69. The van der Waals surface area contributed by atoms with E-state index >= 15 is 0 Å². The highest BCUT2D eigenvalue weighted by molar-refractivity contribution is 9.10. The second-order valence-electron chi connectivity index (χ2n) is 4.29. The Bertz CT molecular complexity index is 423. The molecule has 0 bridgehead atoms. The van der Waals surface area contributed by atoms with E-state index in [2.05, 4.69) is 15.9 Å². The first kappa shape index (κ1) is 15.0. The summed E-state index contributed by atoms with van der Waals surface area (Å²) in [7, 11) is 0. The number of primary amides is 1. The third-order valence-corrected chi connectivity index (χ3v) is 3.51. The predicted octanol–water partition coefficient (Wildman–Crippen LogP) is 1.98. The van der Waals surface area contributed by atoms with Gasteiger partial charge < -0.3 is 16.2 Å². The van der Waals surface area contributed by atoms with Crippen molar-refractivity contribution in [3.8, 4) is 5.75 Å². The first-order chi connectivity index (χ1) is 8.43. The standard InChI is InChI=1S/C13H19BrN2O2/c1-3-10(15)6-9-7-11(4-5-12(9)14)18-8(2)13(16)17/h4-5,7-8,10H,3,6,15H2,1-2H3,(H2,16,17). The summed E-state index contributed by atoms with van der Waals surface area (Å²) in [6.07, 6.45) is 1.04. The van der Waals surface area contributed by atoms with Crippen molar-refractivity contribution in [1.29, 1.82) is 0 Å². The smallest absolute Gasteiger partial charge is 0.258 e. The lowest BCUT2D eigenvalue weighted by molar-refractivity contribution is -0.123. The summed E-state index contributed by atoms with van der Waals surface area (Å²) in [6.45, 7) is 3.68. The van der Waals surface area contributed by atoms with Crippen LogP contribution in [0.25, 0.3) is 0 Å². The van der Waals surface area contributed by atoms with Crippen LogP contribution >= 0.6 is 15.9 Å². The van der Waals surface area contributed by atoms with Crippen molar-refractivity contribution >= 4 is 21.8 Å². The Kier molecular flexibility index (Phi) is 5.62. The second kappa shape index (κ2) is 6.75. The number of carbonyl (C=O) groups is 1. The fraction of sp³-hybridized carbons (Fsp3) is 0.462. The van der Waals surface area contributed by atoms with Crippen molar-refractivity contribution in [3.63, 3.8) is 0 Å². The number of hydrogen-bond acceptors (Lipinski definition) is 3. The molecule has 1 rings (SSSR count). The molecule has 4 N–H and O–H groups in total. The van der Waals surface area contributed by atoms with E-state index in [0.29, 0.717) is 5.75 Å². The van der Waals surface area contributed by atoms with Gasteiger partial charge in [-0.2, -0.15) is 0 Å². The second-order valence-corrected chi connectivity index (χ2v) is 5.14. The van der Waals surface area contributed by atoms with Crippen molar-refractivity contribution in [1.82, 2.24) is 0 Å². The first-order valence-corrected chi connectivity index (χ1v) is 6.73. The molecule has 0 aromatic heterocycles. The van der Waals surface area contributed by atoms with Crippen LogP contribution in [0.2, 0.25) is 0 Å². The molecule has 2 unspecified atom stereocenters. The van der Waals surface area contributed by atoms with Crippen LogP contribution in [-0.2, 0) is 11.2 Å². The Balaban J connectivity index is 2.83. The van der Waals surface area contributed by atoms with Gasteiger partial charge in [0.05, 0.1) is 0 Å². The predicted molar refractivity (Wildman–Crippen MR) is 75.4 cm³/mol. The van der Waals surface area contributed by atoms with Gasteiger partial charge in [0.25, 0.3) is 5.91 Å². The van der Waals surface area contributed by atoms with Crippen LogP contribution in [0.4, 0.5) is 0 Å². The van der Waals surface area contributed by atoms with E-state index < -0.39 is 12.0 Å². The molecule has 0 fully saturated rings. The molecule has 5 heteroatoms. The average molecular weight is 315 g/mol. The van der Waals surface area contributed by atoms with Crippen molar-refractivity contribution in [3.05, 3.63) is 28.2 Å². The van der Waals surface area contributed by atoms with Crippen molar-refractivity contribution in [2.45, 2.75) is 38.8 Å². The van der Waals surface area contributed by atoms with Crippen LogP contribution in [0, 0.1) is 0 Å². The summed E-state index contributed by atoms with van der Waals surface area (Å²) >= 11 is 3.48. The lowest BCUT2D eigenvalue weighted by atomic mass is 10.0. The van der Waals surface area contributed by atoms with E-state index in [1.807, 2.05) is 19.1 Å². The van der Waals surface area contributed by atoms with E-state index in [1.54, 1.807) is 13.0 Å². The van der Waals surface area contributed by atoms with E-state index in [-0.39, 0.29) is 6.04 Å². The summed E-state index contributed by atoms with van der Waals surface area (Å²) in [5.74, 6) is 0.146. The number of carbonyl (C=O) groups excluding carboxylic acids is 1. The van der Waals surface area contributed by atoms with Gasteiger partial charge in [-0.1, -0.05) is 22.9 Å². The number of nitrogens with two attached hydrogens (primary N) is 2. The fourth-order valence-electron chi connectivity index (χ4n) is 1.47. The van der Waals surface area contributed by atoms with E-state index in [9.17, 15) is 4.79 Å². The van der Waals surface area contributed by atoms with Crippen LogP contribution in [0.1, 0.15) is 25.8 Å². The Morgan fingerprint density at radius 3 is 2.72 bits per heavy atom. The number of rotatable bonds is 6. The SMILES string of the molecule is CCC(N)Cc1cc(OC(C)C(N)=O)ccc1Br. The summed E-state index contributed by atoms with van der Waals surface area (Å²) in [4.78, 5) is 10.9. The molecule has 2 atom stereocenters. The minimum absolute atomic E-state index is 0.116. The molecule has 1 amide bonds. The van der Waals surface area contributed by atoms with Crippen LogP contribution < -0.4 is 16.2 Å². The van der Waals surface area contributed by atoms with Gasteiger partial charge in [0.2, 0.25) is 0 Å². The minimum Gasteiger partial charge on any atom is -0.481 e. The molecule has 1 aromatic carbocycles. The molecule has 0 aliphatic heterocycles. The fourth-order valence-corrected chi connectivity index (χ4v) is 1.88. The first-order valence-electron chi connectivity index (χ1n) is 5.94. The number of benzene rings is 1. The van der Waals surface area contributed by atoms with Gasteiger partial charge in [-0.05, 0) is 43.5 Å². The number of halogens is 1. The van der Waals surface area contributed by atoms with Gasteiger partial charge in [-0.3, -0.25) is 4.79 Å². The van der Waals surface area contributed by atoms with E-state index in [1.165, 1.54) is 0 Å². The zero-order chi connectivity index (χ0) is 13.7. The lowest BCUT2D eigenvalue weighted by Crippen LogP contribution is -2.30. The van der Waals surface area contributed by atoms with Crippen molar-refractivity contribution < 1.29 is 9.53 Å². The van der Waals surface area contributed by atoms with Crippen molar-refractivity contribution in [2.24, 2.45) is 11.5 Å². The van der Waals surface area contributed by atoms with Gasteiger partial charge in [0.15, 0.2) is 6.10 Å². The van der Waals surface area contributed by atoms with Gasteiger partial charge in [0, 0.05) is 10.5 Å². The van der Waals surface area contributed by atoms with Crippen LogP contribution in [0.15, 0.2) is 22.7 Å². The van der Waals surface area contributed by atoms with Gasteiger partial charge in [0.1, 0.15) is 5.75 Å². The Labute approximate surface area is 116 Å². The largest absolute Gasteiger partial charge is 0.481 e. The third-order valence-electron chi connectivity index (χ3n) is 2.74. The molecule has 0 aliphatic carbocycles. The molecular formula is C13H19BrN2O2. The maximum absolute atomic E-state index is 10.9. The number of ether oxygens (including phenoxy) is 1. The Hall–Kier alpha value is -1.07. The molecular weight excluding hydrogens is 296 g/mol. The highest BCUT2D eigenvalue weighted by atomic mass is 79.9. The molecule has 0 spiro atoms. The normalized spacial score (nSPS) is 14.0. The summed E-state index contributed by atoms with van der Waals surface area (Å²) < 4.78 is 6.44. The maximum Gasteiger partial charge on any atom is 0.258 e. The maximum atomic E-state index is 10.9. The summed E-state index contributed by atoms with van der Waals surface area (Å²) in [5, 5.41) is 0. The topological polar surface area (TPSA) is 78.3 Å². The van der Waals surface area contributed by atoms with Gasteiger partial charge >= 0.3 is 0 Å². The van der Waals surface area contributed by atoms with Gasteiger partial charge in [-0.25, -0.2) is 0 Å². The molecule has 4 nitrogen and oxygen atoms in total. The molecule has 100 valence electrons. The lowest BCUT2D eigenvalue weighted by Gasteiger charge is -2.15. The van der Waals surface area contributed by atoms with Crippen molar-refractivity contribution in [2.75, 3.05) is 0 Å². The Morgan fingerprint density at radius 2 is 2.17 bits per heavy atom. The zero-order valence-electron chi connectivity index (χ0n) is 10.7. The highest BCUT2D eigenvalue weighted by Gasteiger charge is 2.12. The molecule has 0 aliphatic rings. The van der Waals surface area contributed by atoms with Crippen LogP contribution in [-0.4, -0.2) is 18.1 Å². The number of amides is 1. The molecule has 0 heterocycles. The monoisotopic (exact) mass is 314 g/mol. The van der Waals surface area contributed by atoms with E-state index in [4.69, 9.17) is 16.2 Å². The quantitative estimate of drug-likeness (QED) is 0.842. The highest BCUT2D eigenvalue weighted by Crippen LogP contribution is 2.24.